The van der Waals surface area contributed by atoms with Crippen LogP contribution in [0, 0.1) is 0 Å². The van der Waals surface area contributed by atoms with Gasteiger partial charge in [-0.15, -0.1) is 6.58 Å². The summed E-state index contributed by atoms with van der Waals surface area (Å²) in [6, 6.07) is 12.4. The van der Waals surface area contributed by atoms with Crippen LogP contribution in [0.25, 0.3) is 0 Å². The van der Waals surface area contributed by atoms with Crippen LogP contribution in [0.15, 0.2) is 61.4 Å². The molecule has 1 unspecified atom stereocenters. The van der Waals surface area contributed by atoms with E-state index < -0.39 is 0 Å². The summed E-state index contributed by atoms with van der Waals surface area (Å²) in [5.41, 5.74) is 2.55. The monoisotopic (exact) mass is 281 g/mol. The fourth-order valence-corrected chi connectivity index (χ4v) is 2.40. The minimum atomic E-state index is 0.542. The zero-order chi connectivity index (χ0) is 14.9. The molecule has 110 valence electrons. The number of allylic oxidation sites excluding steroid dienone is 1. The summed E-state index contributed by atoms with van der Waals surface area (Å²) in [5, 5.41) is 0. The van der Waals surface area contributed by atoms with Gasteiger partial charge in [0.1, 0.15) is 5.75 Å². The van der Waals surface area contributed by atoms with Crippen LogP contribution in [0.3, 0.4) is 0 Å². The number of hydrogen-bond acceptors (Lipinski definition) is 2. The van der Waals surface area contributed by atoms with Crippen molar-refractivity contribution in [3.05, 3.63) is 72.6 Å². The molecule has 1 aromatic carbocycles. The lowest BCUT2D eigenvalue weighted by molar-refractivity contribution is 0.300. The van der Waals surface area contributed by atoms with E-state index in [1.165, 1.54) is 11.1 Å². The Morgan fingerprint density at radius 3 is 2.71 bits per heavy atom. The van der Waals surface area contributed by atoms with Gasteiger partial charge in [-0.05, 0) is 54.5 Å². The van der Waals surface area contributed by atoms with Crippen LogP contribution >= 0.6 is 0 Å². The third-order valence-electron chi connectivity index (χ3n) is 3.65. The first-order valence-corrected chi connectivity index (χ1v) is 7.52. The molecule has 0 saturated heterocycles. The number of nitrogens with zero attached hydrogens (tertiary/aromatic N) is 1. The highest BCUT2D eigenvalue weighted by molar-refractivity contribution is 5.34. The SMILES string of the molecule is C=CCc1ccccc1OCCCC(C)c1ccncc1. The van der Waals surface area contributed by atoms with Gasteiger partial charge < -0.3 is 4.74 Å². The summed E-state index contributed by atoms with van der Waals surface area (Å²) in [5.74, 6) is 1.52. The van der Waals surface area contributed by atoms with Crippen LogP contribution in [-0.2, 0) is 6.42 Å². The lowest BCUT2D eigenvalue weighted by Crippen LogP contribution is -2.02. The number of hydrogen-bond donors (Lipinski definition) is 0. The van der Waals surface area contributed by atoms with Crippen molar-refractivity contribution in [2.45, 2.75) is 32.1 Å². The maximum absolute atomic E-state index is 5.92. The molecular formula is C19H23NO. The van der Waals surface area contributed by atoms with Gasteiger partial charge in [-0.2, -0.15) is 0 Å². The average molecular weight is 281 g/mol. The summed E-state index contributed by atoms with van der Waals surface area (Å²) < 4.78 is 5.92. The Labute approximate surface area is 127 Å². The van der Waals surface area contributed by atoms with Gasteiger partial charge in [0.25, 0.3) is 0 Å². The van der Waals surface area contributed by atoms with Crippen molar-refractivity contribution in [1.82, 2.24) is 4.98 Å². The fourth-order valence-electron chi connectivity index (χ4n) is 2.40. The van der Waals surface area contributed by atoms with Gasteiger partial charge in [-0.25, -0.2) is 0 Å². The standard InChI is InChI=1S/C19H23NO/c1-3-7-18-9-4-5-10-19(18)21-15-6-8-16(2)17-11-13-20-14-12-17/h3-5,9-14,16H,1,6-8,15H2,2H3. The van der Waals surface area contributed by atoms with E-state index in [4.69, 9.17) is 4.74 Å². The third-order valence-corrected chi connectivity index (χ3v) is 3.65. The number of ether oxygens (including phenoxy) is 1. The second-order valence-electron chi connectivity index (χ2n) is 5.27. The van der Waals surface area contributed by atoms with E-state index in [1.807, 2.05) is 36.7 Å². The van der Waals surface area contributed by atoms with Gasteiger partial charge in [0.15, 0.2) is 0 Å². The van der Waals surface area contributed by atoms with E-state index in [-0.39, 0.29) is 0 Å². The molecule has 21 heavy (non-hydrogen) atoms. The van der Waals surface area contributed by atoms with E-state index in [1.54, 1.807) is 0 Å². The lowest BCUT2D eigenvalue weighted by Gasteiger charge is -2.13. The van der Waals surface area contributed by atoms with Crippen LogP contribution in [0.4, 0.5) is 0 Å². The first kappa shape index (κ1) is 15.3. The van der Waals surface area contributed by atoms with E-state index in [9.17, 15) is 0 Å². The number of rotatable bonds is 8. The smallest absolute Gasteiger partial charge is 0.122 e. The van der Waals surface area contributed by atoms with E-state index >= 15 is 0 Å². The molecule has 0 aliphatic rings. The van der Waals surface area contributed by atoms with Crippen molar-refractivity contribution in [3.8, 4) is 5.75 Å². The number of benzene rings is 1. The lowest BCUT2D eigenvalue weighted by atomic mass is 9.97. The Balaban J connectivity index is 1.78. The Bertz CT molecular complexity index is 551. The molecule has 0 spiro atoms. The second kappa shape index (κ2) is 8.25. The predicted molar refractivity (Wildman–Crippen MR) is 87.7 cm³/mol. The van der Waals surface area contributed by atoms with E-state index in [0.717, 1.165) is 31.6 Å². The first-order valence-electron chi connectivity index (χ1n) is 7.52. The van der Waals surface area contributed by atoms with Crippen LogP contribution in [0.5, 0.6) is 5.75 Å². The van der Waals surface area contributed by atoms with Crippen LogP contribution in [0.1, 0.15) is 36.8 Å². The summed E-state index contributed by atoms with van der Waals surface area (Å²) in [6.07, 6.45) is 8.64. The van der Waals surface area contributed by atoms with Gasteiger partial charge >= 0.3 is 0 Å². The molecule has 0 aliphatic heterocycles. The molecule has 0 radical (unpaired) electrons. The highest BCUT2D eigenvalue weighted by Gasteiger charge is 2.06. The molecule has 0 saturated carbocycles. The number of para-hydroxylation sites is 1. The Kier molecular flexibility index (Phi) is 6.01. The Morgan fingerprint density at radius 1 is 1.19 bits per heavy atom. The van der Waals surface area contributed by atoms with Crippen molar-refractivity contribution in [2.75, 3.05) is 6.61 Å². The van der Waals surface area contributed by atoms with Crippen molar-refractivity contribution >= 4 is 0 Å². The maximum Gasteiger partial charge on any atom is 0.122 e. The van der Waals surface area contributed by atoms with E-state index in [0.29, 0.717) is 5.92 Å². The highest BCUT2D eigenvalue weighted by atomic mass is 16.5. The molecule has 1 heterocycles. The topological polar surface area (TPSA) is 22.1 Å². The zero-order valence-electron chi connectivity index (χ0n) is 12.7. The number of pyridine rings is 1. The predicted octanol–water partition coefficient (Wildman–Crippen LogP) is 4.77. The minimum Gasteiger partial charge on any atom is -0.493 e. The molecule has 1 aromatic heterocycles. The molecule has 0 amide bonds. The van der Waals surface area contributed by atoms with Crippen LogP contribution < -0.4 is 4.74 Å². The molecule has 1 atom stereocenters. The average Bonchev–Trinajstić information content (AvgIpc) is 2.54. The molecular weight excluding hydrogens is 258 g/mol. The Hall–Kier alpha value is -2.09. The largest absolute Gasteiger partial charge is 0.493 e. The molecule has 0 aliphatic carbocycles. The summed E-state index contributed by atoms with van der Waals surface area (Å²) >= 11 is 0. The van der Waals surface area contributed by atoms with Crippen molar-refractivity contribution < 1.29 is 4.74 Å². The quantitative estimate of drug-likeness (QED) is 0.513. The Morgan fingerprint density at radius 2 is 1.95 bits per heavy atom. The summed E-state index contributed by atoms with van der Waals surface area (Å²) in [4.78, 5) is 4.06. The summed E-state index contributed by atoms with van der Waals surface area (Å²) in [7, 11) is 0. The van der Waals surface area contributed by atoms with Crippen LogP contribution in [-0.4, -0.2) is 11.6 Å². The second-order valence-corrected chi connectivity index (χ2v) is 5.27. The minimum absolute atomic E-state index is 0.542. The van der Waals surface area contributed by atoms with Gasteiger partial charge in [0.05, 0.1) is 6.61 Å². The van der Waals surface area contributed by atoms with Gasteiger partial charge in [-0.1, -0.05) is 31.2 Å². The molecule has 0 N–H and O–H groups in total. The van der Waals surface area contributed by atoms with Gasteiger partial charge in [-0.3, -0.25) is 4.98 Å². The molecule has 2 aromatic rings. The van der Waals surface area contributed by atoms with Crippen molar-refractivity contribution in [2.24, 2.45) is 0 Å². The summed E-state index contributed by atoms with van der Waals surface area (Å²) in [6.45, 7) is 6.79. The van der Waals surface area contributed by atoms with Gasteiger partial charge in [0.2, 0.25) is 0 Å². The van der Waals surface area contributed by atoms with Gasteiger partial charge in [0, 0.05) is 12.4 Å². The molecule has 0 bridgehead atoms. The van der Waals surface area contributed by atoms with Crippen molar-refractivity contribution in [3.63, 3.8) is 0 Å². The number of aromatic nitrogens is 1. The van der Waals surface area contributed by atoms with Crippen LogP contribution in [0.2, 0.25) is 0 Å². The molecule has 2 heteroatoms. The maximum atomic E-state index is 5.92. The highest BCUT2D eigenvalue weighted by Crippen LogP contribution is 2.22. The molecule has 0 fully saturated rings. The normalized spacial score (nSPS) is 11.9. The van der Waals surface area contributed by atoms with Crippen molar-refractivity contribution in [1.29, 1.82) is 0 Å². The molecule has 2 nitrogen and oxygen atoms in total. The first-order chi connectivity index (χ1) is 10.3. The van der Waals surface area contributed by atoms with E-state index in [2.05, 4.69) is 36.7 Å². The molecule has 2 rings (SSSR count). The third kappa shape index (κ3) is 4.75. The zero-order valence-corrected chi connectivity index (χ0v) is 12.7. The fraction of sp³-hybridized carbons (Fsp3) is 0.316.